The van der Waals surface area contributed by atoms with Gasteiger partial charge in [0, 0.05) is 0 Å². The fraction of sp³-hybridized carbons (Fsp3) is 0.250. The highest BCUT2D eigenvalue weighted by molar-refractivity contribution is 5.67. The molecular weight excluding hydrogens is 211 g/mol. The summed E-state index contributed by atoms with van der Waals surface area (Å²) in [6, 6.07) is 15.1. The lowest BCUT2D eigenvalue weighted by atomic mass is 9.96. The van der Waals surface area contributed by atoms with E-state index >= 15 is 0 Å². The molecule has 0 nitrogen and oxygen atoms in total. The van der Waals surface area contributed by atoms with Gasteiger partial charge >= 0.3 is 0 Å². The average molecular weight is 228 g/mol. The van der Waals surface area contributed by atoms with Crippen LogP contribution in [0.4, 0.5) is 4.39 Å². The first-order valence-electron chi connectivity index (χ1n) is 6.15. The second-order valence-electron chi connectivity index (χ2n) is 4.27. The summed E-state index contributed by atoms with van der Waals surface area (Å²) in [7, 11) is 0. The number of hydrogen-bond acceptors (Lipinski definition) is 0. The Morgan fingerprint density at radius 1 is 0.941 bits per heavy atom. The summed E-state index contributed by atoms with van der Waals surface area (Å²) < 4.78 is 12.9. The lowest BCUT2D eigenvalue weighted by molar-refractivity contribution is 0.628. The van der Waals surface area contributed by atoms with Gasteiger partial charge in [-0.15, -0.1) is 0 Å². The zero-order chi connectivity index (χ0) is 12.1. The van der Waals surface area contributed by atoms with Crippen LogP contribution in [-0.2, 0) is 6.42 Å². The second kappa shape index (κ2) is 5.62. The average Bonchev–Trinajstić information content (AvgIpc) is 2.38. The van der Waals surface area contributed by atoms with E-state index in [2.05, 4.69) is 25.1 Å². The van der Waals surface area contributed by atoms with Crippen LogP contribution in [0.3, 0.4) is 0 Å². The van der Waals surface area contributed by atoms with Crippen molar-refractivity contribution in [3.63, 3.8) is 0 Å². The van der Waals surface area contributed by atoms with Gasteiger partial charge in [-0.3, -0.25) is 0 Å². The van der Waals surface area contributed by atoms with Crippen LogP contribution in [0.15, 0.2) is 48.5 Å². The summed E-state index contributed by atoms with van der Waals surface area (Å²) in [6.07, 6.45) is 3.47. The summed E-state index contributed by atoms with van der Waals surface area (Å²) >= 11 is 0. The topological polar surface area (TPSA) is 0 Å². The number of benzene rings is 2. The lowest BCUT2D eigenvalue weighted by Crippen LogP contribution is -1.90. The van der Waals surface area contributed by atoms with Crippen LogP contribution < -0.4 is 0 Å². The molecule has 0 amide bonds. The normalized spacial score (nSPS) is 10.5. The summed E-state index contributed by atoms with van der Waals surface area (Å²) in [6.45, 7) is 2.19. The van der Waals surface area contributed by atoms with Gasteiger partial charge in [0.2, 0.25) is 0 Å². The van der Waals surface area contributed by atoms with Gasteiger partial charge in [0.25, 0.3) is 0 Å². The molecule has 0 saturated carbocycles. The predicted octanol–water partition coefficient (Wildman–Crippen LogP) is 4.84. The Morgan fingerprint density at radius 2 is 1.65 bits per heavy atom. The Balaban J connectivity index is 2.33. The first-order chi connectivity index (χ1) is 8.31. The highest BCUT2D eigenvalue weighted by Gasteiger charge is 2.03. The fourth-order valence-corrected chi connectivity index (χ4v) is 2.02. The van der Waals surface area contributed by atoms with Crippen molar-refractivity contribution in [2.75, 3.05) is 0 Å². The highest BCUT2D eigenvalue weighted by atomic mass is 19.1. The van der Waals surface area contributed by atoms with E-state index in [0.29, 0.717) is 0 Å². The minimum Gasteiger partial charge on any atom is -0.207 e. The van der Waals surface area contributed by atoms with Crippen LogP contribution in [0.25, 0.3) is 11.1 Å². The number of halogens is 1. The van der Waals surface area contributed by atoms with Gasteiger partial charge in [0.15, 0.2) is 0 Å². The molecule has 0 atom stereocenters. The molecule has 17 heavy (non-hydrogen) atoms. The standard InChI is InChI=1S/C16H17F/c1-2-3-6-13-7-4-5-8-16(13)14-9-11-15(17)12-10-14/h4-5,7-12H,2-3,6H2,1H3. The molecule has 0 aliphatic rings. The third-order valence-corrected chi connectivity index (χ3v) is 2.97. The second-order valence-corrected chi connectivity index (χ2v) is 4.27. The van der Waals surface area contributed by atoms with Crippen LogP contribution in [0, 0.1) is 5.82 Å². The van der Waals surface area contributed by atoms with Gasteiger partial charge in [-0.2, -0.15) is 0 Å². The molecule has 2 aromatic carbocycles. The highest BCUT2D eigenvalue weighted by Crippen LogP contribution is 2.25. The van der Waals surface area contributed by atoms with E-state index in [1.54, 1.807) is 0 Å². The van der Waals surface area contributed by atoms with Crippen molar-refractivity contribution in [3.05, 3.63) is 59.9 Å². The number of aryl methyl sites for hydroxylation is 1. The minimum absolute atomic E-state index is 0.181. The molecule has 2 aromatic rings. The van der Waals surface area contributed by atoms with E-state index in [1.807, 2.05) is 18.2 Å². The van der Waals surface area contributed by atoms with Crippen molar-refractivity contribution in [3.8, 4) is 11.1 Å². The third kappa shape index (κ3) is 2.94. The molecule has 0 aromatic heterocycles. The molecule has 0 radical (unpaired) electrons. The van der Waals surface area contributed by atoms with E-state index in [9.17, 15) is 4.39 Å². The molecule has 88 valence electrons. The summed E-state index contributed by atoms with van der Waals surface area (Å²) in [5.41, 5.74) is 3.67. The molecule has 0 N–H and O–H groups in total. The smallest absolute Gasteiger partial charge is 0.123 e. The van der Waals surface area contributed by atoms with Crippen molar-refractivity contribution in [1.82, 2.24) is 0 Å². The molecule has 0 heterocycles. The Morgan fingerprint density at radius 3 is 2.35 bits per heavy atom. The predicted molar refractivity (Wildman–Crippen MR) is 70.4 cm³/mol. The first-order valence-corrected chi connectivity index (χ1v) is 6.15. The molecule has 0 fully saturated rings. The van der Waals surface area contributed by atoms with Crippen molar-refractivity contribution >= 4 is 0 Å². The van der Waals surface area contributed by atoms with E-state index in [-0.39, 0.29) is 5.82 Å². The summed E-state index contributed by atoms with van der Waals surface area (Å²) in [5.74, 6) is -0.181. The van der Waals surface area contributed by atoms with E-state index in [1.165, 1.54) is 36.1 Å². The minimum atomic E-state index is -0.181. The van der Waals surface area contributed by atoms with E-state index in [0.717, 1.165) is 12.0 Å². The van der Waals surface area contributed by atoms with E-state index in [4.69, 9.17) is 0 Å². The van der Waals surface area contributed by atoms with E-state index < -0.39 is 0 Å². The van der Waals surface area contributed by atoms with Crippen molar-refractivity contribution in [2.45, 2.75) is 26.2 Å². The first kappa shape index (κ1) is 11.8. The molecule has 0 unspecified atom stereocenters. The van der Waals surface area contributed by atoms with Gasteiger partial charge in [-0.1, -0.05) is 49.7 Å². The molecular formula is C16H17F. The maximum atomic E-state index is 12.9. The number of rotatable bonds is 4. The van der Waals surface area contributed by atoms with Crippen molar-refractivity contribution in [2.24, 2.45) is 0 Å². The zero-order valence-corrected chi connectivity index (χ0v) is 10.1. The summed E-state index contributed by atoms with van der Waals surface area (Å²) in [5, 5.41) is 0. The Labute approximate surface area is 102 Å². The van der Waals surface area contributed by atoms with Crippen LogP contribution in [0.1, 0.15) is 25.3 Å². The molecule has 0 bridgehead atoms. The Kier molecular flexibility index (Phi) is 3.92. The Bertz CT molecular complexity index is 471. The summed E-state index contributed by atoms with van der Waals surface area (Å²) in [4.78, 5) is 0. The van der Waals surface area contributed by atoms with Gasteiger partial charge in [-0.05, 0) is 41.7 Å². The van der Waals surface area contributed by atoms with Crippen molar-refractivity contribution in [1.29, 1.82) is 0 Å². The maximum absolute atomic E-state index is 12.9. The van der Waals surface area contributed by atoms with Crippen LogP contribution in [0.5, 0.6) is 0 Å². The van der Waals surface area contributed by atoms with Gasteiger partial charge in [0.05, 0.1) is 0 Å². The zero-order valence-electron chi connectivity index (χ0n) is 10.1. The van der Waals surface area contributed by atoms with Crippen LogP contribution in [-0.4, -0.2) is 0 Å². The quantitative estimate of drug-likeness (QED) is 0.702. The lowest BCUT2D eigenvalue weighted by Gasteiger charge is -2.09. The maximum Gasteiger partial charge on any atom is 0.123 e. The molecule has 2 rings (SSSR count). The Hall–Kier alpha value is -1.63. The van der Waals surface area contributed by atoms with Gasteiger partial charge in [0.1, 0.15) is 5.82 Å². The SMILES string of the molecule is CCCCc1ccccc1-c1ccc(F)cc1. The molecule has 0 aliphatic carbocycles. The fourth-order valence-electron chi connectivity index (χ4n) is 2.02. The molecule has 1 heteroatoms. The largest absolute Gasteiger partial charge is 0.207 e. The van der Waals surface area contributed by atoms with Crippen molar-refractivity contribution < 1.29 is 4.39 Å². The monoisotopic (exact) mass is 228 g/mol. The van der Waals surface area contributed by atoms with Gasteiger partial charge in [-0.25, -0.2) is 4.39 Å². The third-order valence-electron chi connectivity index (χ3n) is 2.97. The van der Waals surface area contributed by atoms with Crippen LogP contribution >= 0.6 is 0 Å². The number of hydrogen-bond donors (Lipinski definition) is 0. The molecule has 0 saturated heterocycles. The molecule has 0 aliphatic heterocycles. The van der Waals surface area contributed by atoms with Crippen LogP contribution in [0.2, 0.25) is 0 Å². The van der Waals surface area contributed by atoms with Gasteiger partial charge < -0.3 is 0 Å². The molecule has 0 spiro atoms. The number of unbranched alkanes of at least 4 members (excludes halogenated alkanes) is 1.